The summed E-state index contributed by atoms with van der Waals surface area (Å²) in [7, 11) is 0. The molecule has 1 aliphatic heterocycles. The first-order valence-corrected chi connectivity index (χ1v) is 7.66. The number of aromatic hydroxyl groups is 1. The minimum absolute atomic E-state index is 0.316. The molecule has 1 fully saturated rings. The Morgan fingerprint density at radius 2 is 1.82 bits per heavy atom. The summed E-state index contributed by atoms with van der Waals surface area (Å²) in [6.45, 7) is 1.62. The number of rotatable bonds is 2. The summed E-state index contributed by atoms with van der Waals surface area (Å²) < 4.78 is 7.47. The zero-order valence-electron chi connectivity index (χ0n) is 12.3. The maximum atomic E-state index is 10.0. The third-order valence-corrected chi connectivity index (χ3v) is 4.38. The van der Waals surface area contributed by atoms with Crippen molar-refractivity contribution in [2.45, 2.75) is 18.9 Å². The molecular weight excluding hydrogens is 276 g/mol. The molecule has 4 nitrogen and oxygen atoms in total. The summed E-state index contributed by atoms with van der Waals surface area (Å²) in [5.74, 6) is 0.316. The van der Waals surface area contributed by atoms with Crippen LogP contribution in [0.2, 0.25) is 0 Å². The van der Waals surface area contributed by atoms with Gasteiger partial charge in [0.15, 0.2) is 0 Å². The Morgan fingerprint density at radius 3 is 2.64 bits per heavy atom. The van der Waals surface area contributed by atoms with Crippen LogP contribution in [0.4, 0.5) is 0 Å². The average Bonchev–Trinajstić information content (AvgIpc) is 3.06. The van der Waals surface area contributed by atoms with E-state index in [1.807, 2.05) is 36.5 Å². The van der Waals surface area contributed by atoms with Crippen molar-refractivity contribution >= 4 is 10.8 Å². The van der Waals surface area contributed by atoms with E-state index in [1.165, 1.54) is 0 Å². The lowest BCUT2D eigenvalue weighted by atomic mass is 10.00. The summed E-state index contributed by atoms with van der Waals surface area (Å²) in [5.41, 5.74) is 2.19. The van der Waals surface area contributed by atoms with E-state index < -0.39 is 0 Å². The summed E-state index contributed by atoms with van der Waals surface area (Å²) >= 11 is 0. The largest absolute Gasteiger partial charge is 0.507 e. The number of nitrogens with zero attached hydrogens (tertiary/aromatic N) is 2. The third-order valence-electron chi connectivity index (χ3n) is 4.38. The Hall–Kier alpha value is -2.33. The summed E-state index contributed by atoms with van der Waals surface area (Å²) in [6.07, 6.45) is 6.04. The first kappa shape index (κ1) is 13.3. The summed E-state index contributed by atoms with van der Waals surface area (Å²) in [6, 6.07) is 12.1. The third kappa shape index (κ3) is 2.25. The lowest BCUT2D eigenvalue weighted by Gasteiger charge is -2.22. The second-order valence-corrected chi connectivity index (χ2v) is 5.73. The fourth-order valence-corrected chi connectivity index (χ4v) is 3.16. The molecule has 2 heterocycles. The van der Waals surface area contributed by atoms with Crippen molar-refractivity contribution in [2.24, 2.45) is 0 Å². The first-order valence-electron chi connectivity index (χ1n) is 7.66. The van der Waals surface area contributed by atoms with Crippen molar-refractivity contribution in [2.75, 3.05) is 13.2 Å². The van der Waals surface area contributed by atoms with Crippen LogP contribution in [0.25, 0.3) is 21.9 Å². The van der Waals surface area contributed by atoms with Crippen molar-refractivity contribution in [1.29, 1.82) is 0 Å². The fraction of sp³-hybridized carbons (Fsp3) is 0.278. The van der Waals surface area contributed by atoms with E-state index in [0.29, 0.717) is 11.8 Å². The SMILES string of the molecule is Oc1ccc(-c2cnn(C3CCOCC3)c2)c2ccccc12. The average molecular weight is 294 g/mol. The van der Waals surface area contributed by atoms with Gasteiger partial charge in [0.25, 0.3) is 0 Å². The van der Waals surface area contributed by atoms with E-state index in [-0.39, 0.29) is 0 Å². The number of benzene rings is 2. The number of hydrogen-bond acceptors (Lipinski definition) is 3. The highest BCUT2D eigenvalue weighted by atomic mass is 16.5. The molecule has 112 valence electrons. The minimum Gasteiger partial charge on any atom is -0.507 e. The second-order valence-electron chi connectivity index (χ2n) is 5.73. The van der Waals surface area contributed by atoms with Gasteiger partial charge in [-0.25, -0.2) is 0 Å². The van der Waals surface area contributed by atoms with Gasteiger partial charge in [-0.1, -0.05) is 24.3 Å². The topological polar surface area (TPSA) is 47.3 Å². The normalized spacial score (nSPS) is 16.2. The van der Waals surface area contributed by atoms with Crippen LogP contribution < -0.4 is 0 Å². The predicted octanol–water partition coefficient (Wildman–Crippen LogP) is 3.76. The zero-order chi connectivity index (χ0) is 14.9. The minimum atomic E-state index is 0.316. The highest BCUT2D eigenvalue weighted by molar-refractivity contribution is 5.99. The molecule has 3 aromatic rings. The van der Waals surface area contributed by atoms with Crippen LogP contribution in [0.5, 0.6) is 5.75 Å². The molecule has 4 rings (SSSR count). The van der Waals surface area contributed by atoms with Crippen LogP contribution in [0.15, 0.2) is 48.8 Å². The van der Waals surface area contributed by atoms with Crippen LogP contribution in [0, 0.1) is 0 Å². The van der Waals surface area contributed by atoms with E-state index in [0.717, 1.165) is 48.0 Å². The molecule has 1 N–H and O–H groups in total. The predicted molar refractivity (Wildman–Crippen MR) is 85.9 cm³/mol. The Balaban J connectivity index is 1.76. The molecule has 0 amide bonds. The Morgan fingerprint density at radius 1 is 1.05 bits per heavy atom. The van der Waals surface area contributed by atoms with Gasteiger partial charge >= 0.3 is 0 Å². The molecule has 0 saturated carbocycles. The molecule has 0 radical (unpaired) electrons. The molecule has 1 aromatic heterocycles. The number of phenols is 1. The smallest absolute Gasteiger partial charge is 0.123 e. The molecular formula is C18H18N2O2. The monoisotopic (exact) mass is 294 g/mol. The van der Waals surface area contributed by atoms with Crippen molar-refractivity contribution in [3.63, 3.8) is 0 Å². The van der Waals surface area contributed by atoms with Gasteiger partial charge in [0, 0.05) is 30.4 Å². The molecule has 0 aliphatic carbocycles. The molecule has 22 heavy (non-hydrogen) atoms. The number of hydrogen-bond donors (Lipinski definition) is 1. The van der Waals surface area contributed by atoms with Gasteiger partial charge < -0.3 is 9.84 Å². The molecule has 0 atom stereocenters. The van der Waals surface area contributed by atoms with Gasteiger partial charge in [-0.2, -0.15) is 5.10 Å². The summed E-state index contributed by atoms with van der Waals surface area (Å²) in [4.78, 5) is 0. The van der Waals surface area contributed by atoms with Crippen LogP contribution in [-0.2, 0) is 4.74 Å². The van der Waals surface area contributed by atoms with Crippen molar-refractivity contribution in [3.8, 4) is 16.9 Å². The van der Waals surface area contributed by atoms with E-state index in [1.54, 1.807) is 6.07 Å². The van der Waals surface area contributed by atoms with Crippen LogP contribution in [0.3, 0.4) is 0 Å². The zero-order valence-corrected chi connectivity index (χ0v) is 12.3. The molecule has 0 unspecified atom stereocenters. The standard InChI is InChI=1S/C18H18N2O2/c21-18-6-5-15(16-3-1-2-4-17(16)18)13-11-19-20(12-13)14-7-9-22-10-8-14/h1-6,11-12,14,21H,7-10H2. The molecule has 4 heteroatoms. The molecule has 0 bridgehead atoms. The van der Waals surface area contributed by atoms with E-state index >= 15 is 0 Å². The van der Waals surface area contributed by atoms with Gasteiger partial charge in [0.05, 0.1) is 12.2 Å². The molecule has 1 aliphatic rings. The van der Waals surface area contributed by atoms with E-state index in [9.17, 15) is 5.11 Å². The Kier molecular flexibility index (Phi) is 3.31. The van der Waals surface area contributed by atoms with Gasteiger partial charge in [-0.05, 0) is 35.9 Å². The number of ether oxygens (including phenoxy) is 1. The number of aromatic nitrogens is 2. The molecule has 2 aromatic carbocycles. The summed E-state index contributed by atoms with van der Waals surface area (Å²) in [5, 5.41) is 16.5. The van der Waals surface area contributed by atoms with Crippen LogP contribution in [0.1, 0.15) is 18.9 Å². The van der Waals surface area contributed by atoms with Crippen molar-refractivity contribution in [1.82, 2.24) is 9.78 Å². The Labute approximate surface area is 129 Å². The highest BCUT2D eigenvalue weighted by Gasteiger charge is 2.17. The second kappa shape index (κ2) is 5.46. The van der Waals surface area contributed by atoms with Gasteiger partial charge in [0.2, 0.25) is 0 Å². The number of fused-ring (bicyclic) bond motifs is 1. The van der Waals surface area contributed by atoms with Crippen LogP contribution in [-0.4, -0.2) is 28.1 Å². The molecule has 0 spiro atoms. The lowest BCUT2D eigenvalue weighted by Crippen LogP contribution is -2.19. The van der Waals surface area contributed by atoms with Crippen LogP contribution >= 0.6 is 0 Å². The van der Waals surface area contributed by atoms with Gasteiger partial charge in [0.1, 0.15) is 5.75 Å². The maximum absolute atomic E-state index is 10.0. The van der Waals surface area contributed by atoms with Gasteiger partial charge in [-0.15, -0.1) is 0 Å². The van der Waals surface area contributed by atoms with E-state index in [2.05, 4.69) is 16.0 Å². The number of phenolic OH excluding ortho intramolecular Hbond substituents is 1. The van der Waals surface area contributed by atoms with Crippen molar-refractivity contribution < 1.29 is 9.84 Å². The maximum Gasteiger partial charge on any atom is 0.123 e. The molecule has 1 saturated heterocycles. The van der Waals surface area contributed by atoms with E-state index in [4.69, 9.17) is 4.74 Å². The quantitative estimate of drug-likeness (QED) is 0.783. The van der Waals surface area contributed by atoms with Crippen molar-refractivity contribution in [3.05, 3.63) is 48.8 Å². The highest BCUT2D eigenvalue weighted by Crippen LogP contribution is 2.34. The van der Waals surface area contributed by atoms with Gasteiger partial charge in [-0.3, -0.25) is 4.68 Å². The first-order chi connectivity index (χ1) is 10.8. The lowest BCUT2D eigenvalue weighted by molar-refractivity contribution is 0.0662. The Bertz CT molecular complexity index is 804. The fourth-order valence-electron chi connectivity index (χ4n) is 3.16.